The van der Waals surface area contributed by atoms with Crippen LogP contribution in [-0.2, 0) is 23.6 Å². The molecule has 0 saturated heterocycles. The van der Waals surface area contributed by atoms with E-state index in [9.17, 15) is 0 Å². The van der Waals surface area contributed by atoms with Gasteiger partial charge in [-0.3, -0.25) is 0 Å². The first-order valence-electron chi connectivity index (χ1n) is 3.84. The smallest absolute Gasteiger partial charge is 0.319 e. The number of hydrogen-bond donors (Lipinski definition) is 6. The van der Waals surface area contributed by atoms with E-state index in [0.29, 0.717) is 0 Å². The third-order valence-electron chi connectivity index (χ3n) is 0.816. The summed E-state index contributed by atoms with van der Waals surface area (Å²) in [5.74, 6) is 0.946. The first-order chi connectivity index (χ1) is 6.27. The minimum atomic E-state index is -3.81. The minimum Gasteiger partial charge on any atom is -0.325 e. The van der Waals surface area contributed by atoms with Crippen LogP contribution in [0.2, 0.25) is 3.67 Å². The van der Waals surface area contributed by atoms with Gasteiger partial charge in [0.15, 0.2) is 0 Å². The molecule has 0 aliphatic heterocycles. The van der Waals surface area contributed by atoms with E-state index in [1.807, 2.05) is 0 Å². The Morgan fingerprint density at radius 2 is 1.00 bits per heavy atom. The van der Waals surface area contributed by atoms with Gasteiger partial charge < -0.3 is 29.4 Å². The maximum absolute atomic E-state index is 7.56. The fourth-order valence-electron chi connectivity index (χ4n) is 0. The predicted octanol–water partition coefficient (Wildman–Crippen LogP) is -0.395. The molecule has 15 heavy (non-hydrogen) atoms. The van der Waals surface area contributed by atoms with Crippen molar-refractivity contribution in [3.63, 3.8) is 0 Å². The second-order valence-corrected chi connectivity index (χ2v) is 8.64. The SMILES string of the molecule is CC(C)[CH2][Na].OP(O)(O)=S.OP(O)(O)=S. The summed E-state index contributed by atoms with van der Waals surface area (Å²) in [4.78, 5) is 45.3. The largest absolute Gasteiger partial charge is 0.325 e. The summed E-state index contributed by atoms with van der Waals surface area (Å²) in [5.41, 5.74) is 0. The molecule has 0 amide bonds. The summed E-state index contributed by atoms with van der Waals surface area (Å²) in [6.07, 6.45) is 0. The van der Waals surface area contributed by atoms with E-state index in [4.69, 9.17) is 29.4 Å². The molecule has 0 rings (SSSR count). The Labute approximate surface area is 117 Å². The van der Waals surface area contributed by atoms with Crippen LogP contribution >= 0.6 is 13.4 Å². The molecule has 0 aromatic carbocycles. The van der Waals surface area contributed by atoms with Gasteiger partial charge in [0.2, 0.25) is 0 Å². The molecule has 0 unspecified atom stereocenters. The molecular weight excluding hydrogens is 293 g/mol. The Bertz CT molecular complexity index is 189. The third kappa shape index (κ3) is 193. The summed E-state index contributed by atoms with van der Waals surface area (Å²) < 4.78 is 1.44. The van der Waals surface area contributed by atoms with E-state index in [-0.39, 0.29) is 0 Å². The van der Waals surface area contributed by atoms with Crippen LogP contribution in [0.3, 0.4) is 0 Å². The molecular formula is C4H15NaO6P2S2. The van der Waals surface area contributed by atoms with Crippen LogP contribution in [-0.4, -0.2) is 57.3 Å². The monoisotopic (exact) mass is 308 g/mol. The molecule has 11 heteroatoms. The van der Waals surface area contributed by atoms with Gasteiger partial charge in [-0.1, -0.05) is 0 Å². The second kappa shape index (κ2) is 11.2. The molecule has 0 aliphatic carbocycles. The molecule has 0 heterocycles. The van der Waals surface area contributed by atoms with Crippen molar-refractivity contribution in [3.8, 4) is 0 Å². The van der Waals surface area contributed by atoms with Crippen molar-refractivity contribution in [3.05, 3.63) is 0 Å². The summed E-state index contributed by atoms with van der Waals surface area (Å²) in [6, 6.07) is 0. The number of rotatable bonds is 1. The van der Waals surface area contributed by atoms with Crippen LogP contribution in [0.5, 0.6) is 0 Å². The zero-order chi connectivity index (χ0) is 13.3. The molecule has 0 saturated carbocycles. The molecule has 6 nitrogen and oxygen atoms in total. The van der Waals surface area contributed by atoms with Crippen molar-refractivity contribution in [2.75, 3.05) is 0 Å². The molecule has 0 atom stereocenters. The second-order valence-electron chi connectivity index (χ2n) is 2.83. The van der Waals surface area contributed by atoms with E-state index in [2.05, 4.69) is 37.5 Å². The molecule has 90 valence electrons. The van der Waals surface area contributed by atoms with Crippen LogP contribution in [0, 0.1) is 5.92 Å². The summed E-state index contributed by atoms with van der Waals surface area (Å²) in [6.45, 7) is -3.10. The standard InChI is InChI=1S/C4H9.Na.2H3O3PS/c1-4(2)3;;2*1-4(2,3)5/h4H,1H2,2-3H3;;2*(H3,1,2,3,5). The fourth-order valence-corrected chi connectivity index (χ4v) is 0. The van der Waals surface area contributed by atoms with Gasteiger partial charge in [-0.05, 0) is 23.6 Å². The molecule has 0 aromatic heterocycles. The molecule has 0 fully saturated rings. The van der Waals surface area contributed by atoms with Crippen molar-refractivity contribution < 1.29 is 29.4 Å². The molecule has 6 N–H and O–H groups in total. The van der Waals surface area contributed by atoms with Crippen LogP contribution in [0.25, 0.3) is 0 Å². The van der Waals surface area contributed by atoms with E-state index in [0.717, 1.165) is 5.92 Å². The van der Waals surface area contributed by atoms with Crippen molar-refractivity contribution in [2.45, 2.75) is 17.5 Å². The van der Waals surface area contributed by atoms with Crippen molar-refractivity contribution >= 4 is 65.0 Å². The average molecular weight is 308 g/mol. The van der Waals surface area contributed by atoms with Gasteiger partial charge in [0, 0.05) is 0 Å². The Morgan fingerprint density at radius 3 is 1.00 bits per heavy atom. The minimum absolute atomic E-state index is 0.946. The van der Waals surface area contributed by atoms with Gasteiger partial charge in [-0.25, -0.2) is 0 Å². The molecule has 0 radical (unpaired) electrons. The van der Waals surface area contributed by atoms with Gasteiger partial charge in [0.25, 0.3) is 0 Å². The van der Waals surface area contributed by atoms with Gasteiger partial charge >= 0.3 is 64.8 Å². The quantitative estimate of drug-likeness (QED) is 0.286. The first-order valence-corrected chi connectivity index (χ1v) is 10.6. The van der Waals surface area contributed by atoms with E-state index in [1.54, 1.807) is 0 Å². The normalized spacial score (nSPS) is 11.1. The zero-order valence-electron chi connectivity index (χ0n) is 8.68. The van der Waals surface area contributed by atoms with Crippen LogP contribution in [0.15, 0.2) is 0 Å². The topological polar surface area (TPSA) is 121 Å². The van der Waals surface area contributed by atoms with E-state index >= 15 is 0 Å². The van der Waals surface area contributed by atoms with Crippen LogP contribution in [0.4, 0.5) is 0 Å². The van der Waals surface area contributed by atoms with E-state index < -0.39 is 13.4 Å². The van der Waals surface area contributed by atoms with E-state index in [1.165, 1.54) is 31.6 Å². The van der Waals surface area contributed by atoms with Crippen molar-refractivity contribution in [2.24, 2.45) is 5.92 Å². The fraction of sp³-hybridized carbons (Fsp3) is 1.00. The summed E-state index contributed by atoms with van der Waals surface area (Å²) in [5, 5.41) is 0. The first kappa shape index (κ1) is 22.3. The van der Waals surface area contributed by atoms with Gasteiger partial charge in [0.05, 0.1) is 0 Å². The molecule has 0 spiro atoms. The summed E-state index contributed by atoms with van der Waals surface area (Å²) in [7, 11) is 0. The Kier molecular flexibility index (Phi) is 16.6. The zero-order valence-corrected chi connectivity index (χ0v) is 14.1. The predicted molar refractivity (Wildman–Crippen MR) is 67.3 cm³/mol. The Balaban J connectivity index is -0.000000144. The van der Waals surface area contributed by atoms with Crippen LogP contribution in [0.1, 0.15) is 13.8 Å². The average Bonchev–Trinajstić information content (AvgIpc) is 1.79. The number of hydrogen-bond acceptors (Lipinski definition) is 2. The molecule has 0 aromatic rings. The van der Waals surface area contributed by atoms with Gasteiger partial charge in [-0.15, -0.1) is 0 Å². The van der Waals surface area contributed by atoms with Gasteiger partial charge in [-0.2, -0.15) is 0 Å². The Morgan fingerprint density at radius 1 is 0.933 bits per heavy atom. The third-order valence-corrected chi connectivity index (χ3v) is 2.45. The molecule has 0 bridgehead atoms. The van der Waals surface area contributed by atoms with Gasteiger partial charge in [0.1, 0.15) is 0 Å². The summed E-state index contributed by atoms with van der Waals surface area (Å²) >= 11 is 8.58. The Hall–Kier alpha value is 2.06. The van der Waals surface area contributed by atoms with Crippen molar-refractivity contribution in [1.82, 2.24) is 0 Å². The molecule has 0 aliphatic rings. The van der Waals surface area contributed by atoms with Crippen LogP contribution < -0.4 is 0 Å². The van der Waals surface area contributed by atoms with Crippen molar-refractivity contribution in [1.29, 1.82) is 0 Å². The maximum Gasteiger partial charge on any atom is 0.319 e. The maximum atomic E-state index is 7.56.